The quantitative estimate of drug-likeness (QED) is 0.0696. The summed E-state index contributed by atoms with van der Waals surface area (Å²) in [6.07, 6.45) is -3.76. The van der Waals surface area contributed by atoms with Crippen LogP contribution in [0.5, 0.6) is 0 Å². The Labute approximate surface area is 288 Å². The summed E-state index contributed by atoms with van der Waals surface area (Å²) < 4.78 is 23.9. The van der Waals surface area contributed by atoms with Crippen LogP contribution in [0.4, 0.5) is 4.79 Å². The van der Waals surface area contributed by atoms with Gasteiger partial charge in [-0.2, -0.15) is 0 Å². The van der Waals surface area contributed by atoms with Crippen molar-refractivity contribution in [1.82, 2.24) is 4.90 Å². The second-order valence-corrected chi connectivity index (χ2v) is 12.1. The first-order valence-corrected chi connectivity index (χ1v) is 16.3. The summed E-state index contributed by atoms with van der Waals surface area (Å²) in [6.45, 7) is 4.50. The number of benzene rings is 2. The Kier molecular flexibility index (Phi) is 13.7. The zero-order valence-electron chi connectivity index (χ0n) is 28.0. The van der Waals surface area contributed by atoms with Gasteiger partial charge < -0.3 is 18.9 Å². The molecule has 1 aliphatic carbocycles. The van der Waals surface area contributed by atoms with E-state index in [1.54, 1.807) is 4.90 Å². The normalized spacial score (nSPS) is 26.4. The Bertz CT molecular complexity index is 1610. The van der Waals surface area contributed by atoms with E-state index in [0.717, 1.165) is 25.0 Å². The van der Waals surface area contributed by atoms with Crippen LogP contribution in [0.2, 0.25) is 0 Å². The summed E-state index contributed by atoms with van der Waals surface area (Å²) in [7, 11) is 0. The number of hydrogen-bond acceptors (Lipinski definition) is 10. The van der Waals surface area contributed by atoms with E-state index in [2.05, 4.69) is 30.1 Å². The van der Waals surface area contributed by atoms with Gasteiger partial charge in [-0.05, 0) is 53.4 Å². The van der Waals surface area contributed by atoms with Crippen LogP contribution in [0.15, 0.2) is 76.0 Å². The molecule has 4 unspecified atom stereocenters. The van der Waals surface area contributed by atoms with Crippen molar-refractivity contribution in [3.05, 3.63) is 103 Å². The molecule has 2 aromatic carbocycles. The monoisotopic (exact) mass is 688 g/mol. The Morgan fingerprint density at radius 3 is 1.96 bits per heavy atom. The van der Waals surface area contributed by atoms with Crippen molar-refractivity contribution in [2.24, 2.45) is 21.3 Å². The molecule has 50 heavy (non-hydrogen) atoms. The Morgan fingerprint density at radius 1 is 0.820 bits per heavy atom. The van der Waals surface area contributed by atoms with Crippen LogP contribution in [0, 0.1) is 5.92 Å². The van der Waals surface area contributed by atoms with Crippen LogP contribution in [-0.2, 0) is 41.7 Å². The van der Waals surface area contributed by atoms with Crippen LogP contribution < -0.4 is 0 Å². The van der Waals surface area contributed by atoms with Crippen molar-refractivity contribution in [1.29, 1.82) is 0 Å². The molecule has 1 saturated carbocycles. The number of rotatable bonds is 13. The maximum absolute atomic E-state index is 13.8. The topological polar surface area (TPSA) is 238 Å². The third-order valence-electron chi connectivity index (χ3n) is 8.93. The van der Waals surface area contributed by atoms with E-state index in [1.165, 1.54) is 0 Å². The third-order valence-corrected chi connectivity index (χ3v) is 8.93. The van der Waals surface area contributed by atoms with E-state index in [4.69, 9.17) is 18.9 Å². The lowest BCUT2D eigenvalue weighted by atomic mass is 9.72. The molecule has 0 spiro atoms. The summed E-state index contributed by atoms with van der Waals surface area (Å²) in [4.78, 5) is 49.1. The molecule has 2 aliphatic rings. The molecule has 17 heteroatoms. The molecule has 9 atom stereocenters. The average Bonchev–Trinajstić information content (AvgIpc) is 3.10. The molecule has 0 N–H and O–H groups in total. The van der Waals surface area contributed by atoms with Gasteiger partial charge in [0.25, 0.3) is 0 Å². The third kappa shape index (κ3) is 9.58. The van der Waals surface area contributed by atoms with Gasteiger partial charge in [-0.25, -0.2) is 4.79 Å². The number of esters is 2. The van der Waals surface area contributed by atoms with E-state index in [9.17, 15) is 31.0 Å². The largest absolute Gasteiger partial charge is 0.458 e. The van der Waals surface area contributed by atoms with Crippen molar-refractivity contribution in [3.63, 3.8) is 0 Å². The highest BCUT2D eigenvalue weighted by Gasteiger charge is 2.54. The first-order chi connectivity index (χ1) is 24.2. The minimum Gasteiger partial charge on any atom is -0.458 e. The molecule has 1 saturated heterocycles. The fourth-order valence-corrected chi connectivity index (χ4v) is 6.91. The number of nitrogens with zero attached hydrogens (tertiary/aromatic N) is 10. The van der Waals surface area contributed by atoms with Crippen molar-refractivity contribution in [3.8, 4) is 0 Å². The molecular formula is C33H40N10O7. The van der Waals surface area contributed by atoms with Crippen molar-refractivity contribution >= 4 is 18.0 Å². The van der Waals surface area contributed by atoms with Crippen LogP contribution in [0.1, 0.15) is 57.6 Å². The molecule has 0 radical (unpaired) electrons. The fraction of sp³-hybridized carbons (Fsp3) is 0.545. The molecule has 1 amide bonds. The molecule has 264 valence electrons. The van der Waals surface area contributed by atoms with E-state index < -0.39 is 72.5 Å². The molecule has 1 heterocycles. The first kappa shape index (κ1) is 37.4. The Balaban J connectivity index is 1.74. The predicted octanol–water partition coefficient (Wildman–Crippen LogP) is 7.07. The van der Waals surface area contributed by atoms with Gasteiger partial charge >= 0.3 is 18.0 Å². The van der Waals surface area contributed by atoms with E-state index in [0.29, 0.717) is 19.3 Å². The zero-order valence-corrected chi connectivity index (χ0v) is 28.0. The zero-order chi connectivity index (χ0) is 36.0. The lowest BCUT2D eigenvalue weighted by Crippen LogP contribution is -2.62. The Morgan fingerprint density at radius 2 is 1.38 bits per heavy atom. The second kappa shape index (κ2) is 18.3. The second-order valence-electron chi connectivity index (χ2n) is 12.1. The minimum absolute atomic E-state index is 0.0539. The SMILES string of the molecule is CC[C@@H]([C@@H]1CCC(N=[N+]=[N-])C([C@@H]2C(N=[N+]=[N-])CC(N=[N+]=[N-])[C@H](OC(C)=O)[C@H]2OC(C)=O)O1)N(Cc1ccccc1)C(=O)OCc1ccccc1. The van der Waals surface area contributed by atoms with Crippen LogP contribution in [-0.4, -0.2) is 71.5 Å². The molecule has 1 aliphatic heterocycles. The summed E-state index contributed by atoms with van der Waals surface area (Å²) in [5, 5.41) is 11.7. The number of carbonyl (C=O) groups excluding carboxylic acids is 3. The first-order valence-electron chi connectivity index (χ1n) is 16.3. The number of amides is 1. The van der Waals surface area contributed by atoms with Gasteiger partial charge in [0.2, 0.25) is 0 Å². The highest BCUT2D eigenvalue weighted by Crippen LogP contribution is 2.42. The van der Waals surface area contributed by atoms with E-state index >= 15 is 0 Å². The molecule has 17 nitrogen and oxygen atoms in total. The average molecular weight is 689 g/mol. The molecule has 0 aromatic heterocycles. The maximum Gasteiger partial charge on any atom is 0.410 e. The number of carbonyl (C=O) groups is 3. The summed E-state index contributed by atoms with van der Waals surface area (Å²) in [5.74, 6) is -2.47. The molecule has 4 rings (SSSR count). The molecule has 2 aromatic rings. The Hall–Kier alpha value is -5.46. The summed E-state index contributed by atoms with van der Waals surface area (Å²) in [6, 6.07) is 15.3. The van der Waals surface area contributed by atoms with Crippen molar-refractivity contribution in [2.45, 2.75) is 108 Å². The van der Waals surface area contributed by atoms with Gasteiger partial charge in [0, 0.05) is 47.1 Å². The van der Waals surface area contributed by atoms with Crippen LogP contribution in [0.25, 0.3) is 31.3 Å². The number of hydrogen-bond donors (Lipinski definition) is 0. The van der Waals surface area contributed by atoms with Gasteiger partial charge in [0.15, 0.2) is 0 Å². The number of azide groups is 3. The van der Waals surface area contributed by atoms with Gasteiger partial charge in [-0.1, -0.05) is 82.9 Å². The van der Waals surface area contributed by atoms with Gasteiger partial charge in [-0.3, -0.25) is 14.5 Å². The number of ether oxygens (including phenoxy) is 4. The van der Waals surface area contributed by atoms with Gasteiger partial charge in [0.05, 0.1) is 30.3 Å². The van der Waals surface area contributed by atoms with Crippen LogP contribution >= 0.6 is 0 Å². The summed E-state index contributed by atoms with van der Waals surface area (Å²) in [5.41, 5.74) is 30.1. The predicted molar refractivity (Wildman–Crippen MR) is 179 cm³/mol. The van der Waals surface area contributed by atoms with Crippen molar-refractivity contribution in [2.75, 3.05) is 0 Å². The fourth-order valence-electron chi connectivity index (χ4n) is 6.91. The maximum atomic E-state index is 13.8. The summed E-state index contributed by atoms with van der Waals surface area (Å²) >= 11 is 0. The van der Waals surface area contributed by atoms with E-state index in [-0.39, 0.29) is 19.6 Å². The minimum atomic E-state index is -1.31. The lowest BCUT2D eigenvalue weighted by molar-refractivity contribution is -0.197. The lowest BCUT2D eigenvalue weighted by Gasteiger charge is -2.50. The molecule has 2 fully saturated rings. The van der Waals surface area contributed by atoms with Gasteiger partial charge in [-0.15, -0.1) is 0 Å². The van der Waals surface area contributed by atoms with E-state index in [1.807, 2.05) is 67.6 Å². The smallest absolute Gasteiger partial charge is 0.410 e. The molecule has 0 bridgehead atoms. The molecular weight excluding hydrogens is 648 g/mol. The highest BCUT2D eigenvalue weighted by molar-refractivity contribution is 5.68. The van der Waals surface area contributed by atoms with Crippen molar-refractivity contribution < 1.29 is 33.3 Å². The highest BCUT2D eigenvalue weighted by atomic mass is 16.6. The van der Waals surface area contributed by atoms with Crippen LogP contribution in [0.3, 0.4) is 0 Å². The van der Waals surface area contributed by atoms with Gasteiger partial charge in [0.1, 0.15) is 18.8 Å². The standard InChI is InChI=1S/C33H40N10O7/c1-4-27(43(18-22-11-7-5-8-12-22)33(46)47-19-23-13-9-6-10-14-23)28-16-15-24(37-40-34)30(50-28)29-25(38-41-35)17-26(39-42-36)31(48-20(2)44)32(29)49-21(3)45/h5-14,24-32H,4,15-19H2,1-3H3/t24?,25?,26?,27-,28-,29-,30?,31-,32-/m0/s1.